The van der Waals surface area contributed by atoms with E-state index in [0.717, 1.165) is 38.2 Å². The lowest BCUT2D eigenvalue weighted by molar-refractivity contribution is -0.146. The molecular formula is C16H29ClO6. The van der Waals surface area contributed by atoms with E-state index in [0.29, 0.717) is 32.7 Å². The van der Waals surface area contributed by atoms with Crippen LogP contribution in [-0.2, 0) is 23.8 Å². The van der Waals surface area contributed by atoms with Gasteiger partial charge in [-0.15, -0.1) is 11.6 Å². The van der Waals surface area contributed by atoms with Gasteiger partial charge in [0.05, 0.1) is 19.8 Å². The number of esters is 1. The number of carbonyl (C=O) groups excluding carboxylic acids is 1. The summed E-state index contributed by atoms with van der Waals surface area (Å²) in [5.41, 5.74) is 0. The number of rotatable bonds is 17. The van der Waals surface area contributed by atoms with Crippen LogP contribution >= 0.6 is 11.6 Å². The Labute approximate surface area is 143 Å². The Hall–Kier alpha value is -0.850. The van der Waals surface area contributed by atoms with Crippen LogP contribution < -0.4 is 0 Å². The Morgan fingerprint density at radius 2 is 1.35 bits per heavy atom. The number of alkyl halides is 1. The standard InChI is InChI=1S/C16H29ClO6/c17-9-5-1-2-6-10-21-11-12-22-13-14-23-16(20)8-4-3-7-15(18)19/h1-14H2,(H,18,19). The molecule has 0 aromatic heterocycles. The molecule has 0 saturated heterocycles. The van der Waals surface area contributed by atoms with Crippen LogP contribution in [-0.4, -0.2) is 56.0 Å². The first kappa shape index (κ1) is 22.1. The van der Waals surface area contributed by atoms with Crippen molar-refractivity contribution in [3.05, 3.63) is 0 Å². The van der Waals surface area contributed by atoms with E-state index in [2.05, 4.69) is 0 Å². The number of unbranched alkanes of at least 4 members (excludes halogenated alkanes) is 4. The predicted octanol–water partition coefficient (Wildman–Crippen LogP) is 3.01. The zero-order valence-electron chi connectivity index (χ0n) is 13.8. The number of aliphatic carboxylic acids is 1. The number of carbonyl (C=O) groups is 2. The summed E-state index contributed by atoms with van der Waals surface area (Å²) in [6.45, 7) is 2.32. The van der Waals surface area contributed by atoms with Gasteiger partial charge in [0.25, 0.3) is 0 Å². The molecule has 0 fully saturated rings. The molecule has 0 saturated carbocycles. The number of hydrogen-bond donors (Lipinski definition) is 1. The second-order valence-electron chi connectivity index (χ2n) is 5.15. The summed E-state index contributed by atoms with van der Waals surface area (Å²) >= 11 is 5.59. The summed E-state index contributed by atoms with van der Waals surface area (Å²) in [7, 11) is 0. The molecule has 6 nitrogen and oxygen atoms in total. The van der Waals surface area contributed by atoms with Gasteiger partial charge >= 0.3 is 11.9 Å². The third kappa shape index (κ3) is 19.1. The average molecular weight is 353 g/mol. The Morgan fingerprint density at radius 1 is 0.739 bits per heavy atom. The first-order valence-corrected chi connectivity index (χ1v) is 8.79. The van der Waals surface area contributed by atoms with Crippen molar-refractivity contribution in [1.29, 1.82) is 0 Å². The van der Waals surface area contributed by atoms with E-state index in [-0.39, 0.29) is 25.4 Å². The minimum absolute atomic E-state index is 0.0864. The molecule has 0 aliphatic heterocycles. The molecular weight excluding hydrogens is 324 g/mol. The maximum Gasteiger partial charge on any atom is 0.305 e. The van der Waals surface area contributed by atoms with Crippen LogP contribution in [0.5, 0.6) is 0 Å². The van der Waals surface area contributed by atoms with Gasteiger partial charge in [-0.3, -0.25) is 9.59 Å². The Balaban J connectivity index is 3.14. The van der Waals surface area contributed by atoms with Gasteiger partial charge in [0.1, 0.15) is 6.61 Å². The van der Waals surface area contributed by atoms with E-state index in [1.54, 1.807) is 0 Å². The highest BCUT2D eigenvalue weighted by atomic mass is 35.5. The smallest absolute Gasteiger partial charge is 0.305 e. The lowest BCUT2D eigenvalue weighted by Gasteiger charge is -2.07. The molecule has 0 amide bonds. The molecule has 7 heteroatoms. The summed E-state index contributed by atoms with van der Waals surface area (Å²) in [6.07, 6.45) is 5.73. The highest BCUT2D eigenvalue weighted by Gasteiger charge is 2.04. The van der Waals surface area contributed by atoms with Gasteiger partial charge in [-0.1, -0.05) is 12.8 Å². The Kier molecular flexibility index (Phi) is 16.9. The number of hydrogen-bond acceptors (Lipinski definition) is 5. The molecule has 0 radical (unpaired) electrons. The minimum atomic E-state index is -0.843. The van der Waals surface area contributed by atoms with Gasteiger partial charge in [0.15, 0.2) is 0 Å². The van der Waals surface area contributed by atoms with Gasteiger partial charge in [-0.25, -0.2) is 0 Å². The quantitative estimate of drug-likeness (QED) is 0.246. The second-order valence-corrected chi connectivity index (χ2v) is 5.53. The molecule has 0 unspecified atom stereocenters. The lowest BCUT2D eigenvalue weighted by atomic mass is 10.2. The van der Waals surface area contributed by atoms with E-state index in [9.17, 15) is 9.59 Å². The maximum absolute atomic E-state index is 11.3. The summed E-state index contributed by atoms with van der Waals surface area (Å²) in [5.74, 6) is -0.432. The highest BCUT2D eigenvalue weighted by molar-refractivity contribution is 6.17. The molecule has 0 bridgehead atoms. The van der Waals surface area contributed by atoms with Crippen molar-refractivity contribution < 1.29 is 28.9 Å². The molecule has 23 heavy (non-hydrogen) atoms. The summed E-state index contributed by atoms with van der Waals surface area (Å²) in [4.78, 5) is 21.6. The molecule has 0 atom stereocenters. The van der Waals surface area contributed by atoms with Crippen LogP contribution in [0.25, 0.3) is 0 Å². The van der Waals surface area contributed by atoms with Gasteiger partial charge < -0.3 is 19.3 Å². The molecule has 0 spiro atoms. The fourth-order valence-corrected chi connectivity index (χ4v) is 2.00. The average Bonchev–Trinajstić information content (AvgIpc) is 2.52. The predicted molar refractivity (Wildman–Crippen MR) is 87.9 cm³/mol. The van der Waals surface area contributed by atoms with Crippen molar-refractivity contribution in [2.75, 3.05) is 38.9 Å². The molecule has 1 N–H and O–H groups in total. The number of carboxylic acids is 1. The van der Waals surface area contributed by atoms with Crippen molar-refractivity contribution in [1.82, 2.24) is 0 Å². The largest absolute Gasteiger partial charge is 0.481 e. The number of ether oxygens (including phenoxy) is 3. The lowest BCUT2D eigenvalue weighted by Crippen LogP contribution is -2.13. The van der Waals surface area contributed by atoms with Crippen LogP contribution in [0.1, 0.15) is 51.4 Å². The normalized spacial score (nSPS) is 10.7. The van der Waals surface area contributed by atoms with Crippen molar-refractivity contribution in [3.63, 3.8) is 0 Å². The van der Waals surface area contributed by atoms with Crippen LogP contribution in [0, 0.1) is 0 Å². The highest BCUT2D eigenvalue weighted by Crippen LogP contribution is 2.02. The Morgan fingerprint density at radius 3 is 2.04 bits per heavy atom. The maximum atomic E-state index is 11.3. The molecule has 0 aromatic carbocycles. The molecule has 0 aliphatic rings. The van der Waals surface area contributed by atoms with Crippen molar-refractivity contribution in [2.24, 2.45) is 0 Å². The van der Waals surface area contributed by atoms with Gasteiger partial charge in [-0.2, -0.15) is 0 Å². The summed E-state index contributed by atoms with van der Waals surface area (Å²) in [5, 5.41) is 8.46. The van der Waals surface area contributed by atoms with Crippen molar-refractivity contribution >= 4 is 23.5 Å². The zero-order chi connectivity index (χ0) is 17.2. The second kappa shape index (κ2) is 17.5. The number of halogens is 1. The Bertz CT molecular complexity index is 298. The van der Waals surface area contributed by atoms with Crippen LogP contribution in [0.3, 0.4) is 0 Å². The summed E-state index contributed by atoms with van der Waals surface area (Å²) < 4.78 is 15.7. The molecule has 0 rings (SSSR count). The molecule has 0 aromatic rings. The third-order valence-corrected chi connectivity index (χ3v) is 3.32. The third-order valence-electron chi connectivity index (χ3n) is 3.06. The first-order chi connectivity index (χ1) is 11.2. The van der Waals surface area contributed by atoms with Crippen LogP contribution in [0.15, 0.2) is 0 Å². The SMILES string of the molecule is O=C(O)CCCCC(=O)OCCOCCOCCCCCCCl. The van der Waals surface area contributed by atoms with Gasteiger partial charge in [0, 0.05) is 25.3 Å². The minimum Gasteiger partial charge on any atom is -0.481 e. The van der Waals surface area contributed by atoms with E-state index in [1.807, 2.05) is 0 Å². The number of carboxylic acid groups (broad SMARTS) is 1. The fraction of sp³-hybridized carbons (Fsp3) is 0.875. The first-order valence-electron chi connectivity index (χ1n) is 8.25. The van der Waals surface area contributed by atoms with E-state index < -0.39 is 5.97 Å². The fourth-order valence-electron chi connectivity index (χ4n) is 1.81. The van der Waals surface area contributed by atoms with E-state index in [4.69, 9.17) is 30.9 Å². The monoisotopic (exact) mass is 352 g/mol. The van der Waals surface area contributed by atoms with Crippen molar-refractivity contribution in [2.45, 2.75) is 51.4 Å². The molecule has 0 heterocycles. The van der Waals surface area contributed by atoms with Crippen molar-refractivity contribution in [3.8, 4) is 0 Å². The van der Waals surface area contributed by atoms with Crippen LogP contribution in [0.2, 0.25) is 0 Å². The van der Waals surface area contributed by atoms with E-state index in [1.165, 1.54) is 0 Å². The zero-order valence-corrected chi connectivity index (χ0v) is 14.5. The van der Waals surface area contributed by atoms with Gasteiger partial charge in [0.2, 0.25) is 0 Å². The summed E-state index contributed by atoms with van der Waals surface area (Å²) in [6, 6.07) is 0. The van der Waals surface area contributed by atoms with E-state index >= 15 is 0 Å². The van der Waals surface area contributed by atoms with Crippen LogP contribution in [0.4, 0.5) is 0 Å². The molecule has 136 valence electrons. The van der Waals surface area contributed by atoms with Gasteiger partial charge in [-0.05, 0) is 25.7 Å². The molecule has 0 aliphatic carbocycles. The topological polar surface area (TPSA) is 82.1 Å².